The van der Waals surface area contributed by atoms with E-state index in [1.54, 1.807) is 0 Å². The molecule has 1 heteroatoms. The first-order chi connectivity index (χ1) is 9.16. The van der Waals surface area contributed by atoms with Gasteiger partial charge < -0.3 is 0 Å². The molecule has 0 amide bonds. The maximum atomic E-state index is 2.46. The molecule has 0 radical (unpaired) electrons. The maximum Gasteiger partial charge on any atom is 0.0919 e. The van der Waals surface area contributed by atoms with Crippen molar-refractivity contribution in [2.75, 3.05) is 0 Å². The van der Waals surface area contributed by atoms with Gasteiger partial charge >= 0.3 is 0 Å². The third-order valence-corrected chi connectivity index (χ3v) is 7.74. The molecule has 0 spiro atoms. The minimum Gasteiger partial charge on any atom is -0.0913 e. The predicted octanol–water partition coefficient (Wildman–Crippen LogP) is 4.50. The normalized spacial score (nSPS) is 13.6. The summed E-state index contributed by atoms with van der Waals surface area (Å²) in [4.78, 5) is 0. The van der Waals surface area contributed by atoms with Crippen LogP contribution in [0, 0.1) is 0 Å². The van der Waals surface area contributed by atoms with Crippen molar-refractivity contribution < 1.29 is 0 Å². The standard InChI is InChI=1S/C18H22Si/c1-4-11-18(16-12-7-5-8-13-16)19(2,3)17-14-9-6-10-15-17/h4-15,18H,1-3H3/b11-4+/t18-/m1/s1. The van der Waals surface area contributed by atoms with Crippen LogP contribution in [0.15, 0.2) is 72.8 Å². The lowest BCUT2D eigenvalue weighted by atomic mass is 10.1. The van der Waals surface area contributed by atoms with E-state index in [1.165, 1.54) is 10.8 Å². The van der Waals surface area contributed by atoms with Crippen LogP contribution < -0.4 is 5.19 Å². The molecule has 0 aromatic heterocycles. The van der Waals surface area contributed by atoms with E-state index in [4.69, 9.17) is 0 Å². The summed E-state index contributed by atoms with van der Waals surface area (Å²) in [6.07, 6.45) is 4.56. The fraction of sp³-hybridized carbons (Fsp3) is 0.222. The lowest BCUT2D eigenvalue weighted by Gasteiger charge is -2.31. The summed E-state index contributed by atoms with van der Waals surface area (Å²) in [5.41, 5.74) is 1.96. The van der Waals surface area contributed by atoms with Gasteiger partial charge in [0.2, 0.25) is 0 Å². The van der Waals surface area contributed by atoms with Crippen molar-refractivity contribution >= 4 is 13.3 Å². The van der Waals surface area contributed by atoms with Gasteiger partial charge in [0, 0.05) is 5.54 Å². The van der Waals surface area contributed by atoms with Gasteiger partial charge in [0.25, 0.3) is 0 Å². The molecule has 0 nitrogen and oxygen atoms in total. The molecule has 0 saturated carbocycles. The number of hydrogen-bond acceptors (Lipinski definition) is 0. The molecular formula is C18H22Si. The molecular weight excluding hydrogens is 244 g/mol. The molecule has 1 atom stereocenters. The lowest BCUT2D eigenvalue weighted by Crippen LogP contribution is -2.47. The van der Waals surface area contributed by atoms with Crippen LogP contribution in [0.5, 0.6) is 0 Å². The summed E-state index contributed by atoms with van der Waals surface area (Å²) in [5.74, 6) is 0. The lowest BCUT2D eigenvalue weighted by molar-refractivity contribution is 1.14. The Balaban J connectivity index is 2.45. The van der Waals surface area contributed by atoms with Gasteiger partial charge in [-0.15, -0.1) is 0 Å². The first-order valence-corrected chi connectivity index (χ1v) is 9.97. The molecule has 0 saturated heterocycles. The highest BCUT2D eigenvalue weighted by molar-refractivity contribution is 6.91. The zero-order chi connectivity index (χ0) is 13.7. The van der Waals surface area contributed by atoms with Crippen LogP contribution in [0.2, 0.25) is 13.1 Å². The second kappa shape index (κ2) is 6.03. The quantitative estimate of drug-likeness (QED) is 0.564. The Morgan fingerprint density at radius 3 is 1.89 bits per heavy atom. The summed E-state index contributed by atoms with van der Waals surface area (Å²) in [7, 11) is -1.56. The van der Waals surface area contributed by atoms with E-state index < -0.39 is 8.07 Å². The second-order valence-electron chi connectivity index (χ2n) is 5.50. The fourth-order valence-corrected chi connectivity index (χ4v) is 5.78. The van der Waals surface area contributed by atoms with Crippen LogP contribution in [0.4, 0.5) is 0 Å². The molecule has 0 aliphatic heterocycles. The summed E-state index contributed by atoms with van der Waals surface area (Å²) in [6.45, 7) is 7.03. The Morgan fingerprint density at radius 2 is 1.37 bits per heavy atom. The highest BCUT2D eigenvalue weighted by Crippen LogP contribution is 2.28. The van der Waals surface area contributed by atoms with Crippen molar-refractivity contribution in [3.8, 4) is 0 Å². The van der Waals surface area contributed by atoms with Gasteiger partial charge in [0.05, 0.1) is 8.07 Å². The number of allylic oxidation sites excluding steroid dienone is 2. The van der Waals surface area contributed by atoms with Crippen LogP contribution in [0.25, 0.3) is 0 Å². The number of hydrogen-bond donors (Lipinski definition) is 0. The van der Waals surface area contributed by atoms with E-state index in [0.717, 1.165) is 0 Å². The molecule has 0 unspecified atom stereocenters. The minimum atomic E-state index is -1.56. The average Bonchev–Trinajstić information content (AvgIpc) is 2.46. The smallest absolute Gasteiger partial charge is 0.0913 e. The van der Waals surface area contributed by atoms with Gasteiger partial charge in [0.15, 0.2) is 0 Å². The largest absolute Gasteiger partial charge is 0.0919 e. The van der Waals surface area contributed by atoms with Crippen LogP contribution in [0.1, 0.15) is 18.0 Å². The zero-order valence-electron chi connectivity index (χ0n) is 12.0. The summed E-state index contributed by atoms with van der Waals surface area (Å²) in [6, 6.07) is 21.8. The Labute approximate surface area is 117 Å². The van der Waals surface area contributed by atoms with Crippen LogP contribution >= 0.6 is 0 Å². The average molecular weight is 266 g/mol. The maximum absolute atomic E-state index is 2.46. The topological polar surface area (TPSA) is 0 Å². The molecule has 0 aliphatic carbocycles. The Bertz CT molecular complexity index is 526. The van der Waals surface area contributed by atoms with Crippen molar-refractivity contribution in [3.05, 3.63) is 78.4 Å². The molecule has 0 aliphatic rings. The van der Waals surface area contributed by atoms with Crippen molar-refractivity contribution in [1.82, 2.24) is 0 Å². The van der Waals surface area contributed by atoms with E-state index >= 15 is 0 Å². The summed E-state index contributed by atoms with van der Waals surface area (Å²) in [5, 5.41) is 1.52. The van der Waals surface area contributed by atoms with Crippen molar-refractivity contribution in [2.45, 2.75) is 25.6 Å². The third kappa shape index (κ3) is 3.05. The van der Waals surface area contributed by atoms with Gasteiger partial charge in [-0.1, -0.05) is 91.1 Å². The van der Waals surface area contributed by atoms with E-state index in [9.17, 15) is 0 Å². The van der Waals surface area contributed by atoms with E-state index in [-0.39, 0.29) is 0 Å². The molecule has 19 heavy (non-hydrogen) atoms. The Morgan fingerprint density at radius 1 is 0.842 bits per heavy atom. The highest BCUT2D eigenvalue weighted by Gasteiger charge is 2.32. The highest BCUT2D eigenvalue weighted by atomic mass is 28.3. The zero-order valence-corrected chi connectivity index (χ0v) is 13.0. The van der Waals surface area contributed by atoms with Gasteiger partial charge in [-0.05, 0) is 12.5 Å². The summed E-state index contributed by atoms with van der Waals surface area (Å²) >= 11 is 0. The van der Waals surface area contributed by atoms with Crippen LogP contribution in [-0.4, -0.2) is 8.07 Å². The molecule has 0 fully saturated rings. The molecule has 2 rings (SSSR count). The molecule has 0 bridgehead atoms. The second-order valence-corrected chi connectivity index (χ2v) is 10.1. The first-order valence-electron chi connectivity index (χ1n) is 6.89. The van der Waals surface area contributed by atoms with Crippen molar-refractivity contribution in [1.29, 1.82) is 0 Å². The molecule has 98 valence electrons. The predicted molar refractivity (Wildman–Crippen MR) is 87.6 cm³/mol. The fourth-order valence-electron chi connectivity index (χ4n) is 2.67. The minimum absolute atomic E-state index is 0.529. The number of rotatable bonds is 4. The van der Waals surface area contributed by atoms with E-state index in [2.05, 4.69) is 92.8 Å². The molecule has 2 aromatic rings. The molecule has 0 heterocycles. The third-order valence-electron chi connectivity index (χ3n) is 3.84. The van der Waals surface area contributed by atoms with E-state index in [1.807, 2.05) is 0 Å². The van der Waals surface area contributed by atoms with Crippen molar-refractivity contribution in [3.63, 3.8) is 0 Å². The first kappa shape index (κ1) is 13.8. The van der Waals surface area contributed by atoms with Crippen LogP contribution in [0.3, 0.4) is 0 Å². The summed E-state index contributed by atoms with van der Waals surface area (Å²) < 4.78 is 0. The van der Waals surface area contributed by atoms with Gasteiger partial charge in [0.1, 0.15) is 0 Å². The van der Waals surface area contributed by atoms with Crippen LogP contribution in [-0.2, 0) is 0 Å². The number of benzene rings is 2. The monoisotopic (exact) mass is 266 g/mol. The van der Waals surface area contributed by atoms with Crippen molar-refractivity contribution in [2.24, 2.45) is 0 Å². The Hall–Kier alpha value is -1.60. The molecule has 2 aromatic carbocycles. The van der Waals surface area contributed by atoms with Gasteiger partial charge in [-0.2, -0.15) is 0 Å². The van der Waals surface area contributed by atoms with Gasteiger partial charge in [-0.25, -0.2) is 0 Å². The van der Waals surface area contributed by atoms with E-state index in [0.29, 0.717) is 5.54 Å². The SMILES string of the molecule is C/C=C/[C@H](c1ccccc1)[Si](C)(C)c1ccccc1. The van der Waals surface area contributed by atoms with Gasteiger partial charge in [-0.3, -0.25) is 0 Å². The Kier molecular flexibility index (Phi) is 4.38. The molecule has 0 N–H and O–H groups in total.